The van der Waals surface area contributed by atoms with Gasteiger partial charge in [-0.15, -0.1) is 0 Å². The standard InChI is InChI=1S/C24H15FN6/c25-16-6-4-14(5-7-16)17-2-1-3-20-18(17)11-21(29-20)23-19-10-15(12-28-24(19)31-30-23)22-13-26-8-9-27-22/h1-13,29H,(H,28,30,31). The zero-order chi connectivity index (χ0) is 20.8. The molecular weight excluding hydrogens is 391 g/mol. The number of halogens is 1. The maximum absolute atomic E-state index is 13.4. The first kappa shape index (κ1) is 17.5. The van der Waals surface area contributed by atoms with Gasteiger partial charge in [0.1, 0.15) is 11.5 Å². The molecule has 0 aliphatic rings. The van der Waals surface area contributed by atoms with E-state index in [2.05, 4.69) is 36.2 Å². The van der Waals surface area contributed by atoms with Crippen LogP contribution in [0.3, 0.4) is 0 Å². The van der Waals surface area contributed by atoms with Gasteiger partial charge in [0.15, 0.2) is 5.65 Å². The number of aromatic amines is 2. The van der Waals surface area contributed by atoms with Crippen molar-refractivity contribution in [1.29, 1.82) is 0 Å². The molecule has 6 rings (SSSR count). The smallest absolute Gasteiger partial charge is 0.155 e. The molecule has 6 nitrogen and oxygen atoms in total. The van der Waals surface area contributed by atoms with Crippen LogP contribution in [0.15, 0.2) is 79.4 Å². The second kappa shape index (κ2) is 6.84. The van der Waals surface area contributed by atoms with E-state index in [4.69, 9.17) is 0 Å². The Bertz CT molecular complexity index is 1530. The van der Waals surface area contributed by atoms with Crippen LogP contribution in [0.1, 0.15) is 0 Å². The van der Waals surface area contributed by atoms with Gasteiger partial charge in [0.25, 0.3) is 0 Å². The fourth-order valence-electron chi connectivity index (χ4n) is 3.86. The van der Waals surface area contributed by atoms with Crippen LogP contribution in [0.25, 0.3) is 55.7 Å². The highest BCUT2D eigenvalue weighted by molar-refractivity contribution is 6.01. The van der Waals surface area contributed by atoms with Gasteiger partial charge in [0.2, 0.25) is 0 Å². The number of H-pyrrole nitrogens is 2. The van der Waals surface area contributed by atoms with Crippen molar-refractivity contribution < 1.29 is 4.39 Å². The molecule has 4 aromatic heterocycles. The van der Waals surface area contributed by atoms with E-state index in [9.17, 15) is 4.39 Å². The summed E-state index contributed by atoms with van der Waals surface area (Å²) in [5.41, 5.74) is 6.91. The molecule has 0 spiro atoms. The van der Waals surface area contributed by atoms with E-state index in [0.717, 1.165) is 50.1 Å². The van der Waals surface area contributed by atoms with Crippen molar-refractivity contribution in [2.24, 2.45) is 0 Å². The minimum Gasteiger partial charge on any atom is -0.353 e. The van der Waals surface area contributed by atoms with E-state index < -0.39 is 0 Å². The van der Waals surface area contributed by atoms with E-state index in [1.165, 1.54) is 12.1 Å². The summed E-state index contributed by atoms with van der Waals surface area (Å²) < 4.78 is 13.4. The van der Waals surface area contributed by atoms with Crippen LogP contribution in [0.4, 0.5) is 4.39 Å². The molecule has 0 bridgehead atoms. The summed E-state index contributed by atoms with van der Waals surface area (Å²) in [7, 11) is 0. The van der Waals surface area contributed by atoms with Gasteiger partial charge in [-0.3, -0.25) is 15.1 Å². The van der Waals surface area contributed by atoms with Crippen LogP contribution in [-0.4, -0.2) is 30.1 Å². The van der Waals surface area contributed by atoms with Crippen LogP contribution in [0.2, 0.25) is 0 Å². The number of hydrogen-bond donors (Lipinski definition) is 2. The van der Waals surface area contributed by atoms with E-state index in [1.807, 2.05) is 24.3 Å². The number of fused-ring (bicyclic) bond motifs is 2. The van der Waals surface area contributed by atoms with Crippen molar-refractivity contribution in [3.63, 3.8) is 0 Å². The third-order valence-corrected chi connectivity index (χ3v) is 5.35. The highest BCUT2D eigenvalue weighted by Crippen LogP contribution is 2.34. The molecule has 0 aliphatic heterocycles. The van der Waals surface area contributed by atoms with Gasteiger partial charge in [-0.25, -0.2) is 9.37 Å². The Morgan fingerprint density at radius 1 is 0.806 bits per heavy atom. The number of nitrogens with one attached hydrogen (secondary N) is 2. The molecule has 148 valence electrons. The van der Waals surface area contributed by atoms with E-state index in [-0.39, 0.29) is 5.82 Å². The first-order chi connectivity index (χ1) is 15.3. The molecule has 0 saturated carbocycles. The Labute approximate surface area is 175 Å². The second-order valence-corrected chi connectivity index (χ2v) is 7.24. The lowest BCUT2D eigenvalue weighted by molar-refractivity contribution is 0.628. The Morgan fingerprint density at radius 3 is 2.55 bits per heavy atom. The summed E-state index contributed by atoms with van der Waals surface area (Å²) in [6, 6.07) is 16.6. The van der Waals surface area contributed by atoms with Gasteiger partial charge < -0.3 is 4.98 Å². The largest absolute Gasteiger partial charge is 0.353 e. The summed E-state index contributed by atoms with van der Waals surface area (Å²) in [5.74, 6) is -0.250. The average Bonchev–Trinajstić information content (AvgIpc) is 3.43. The molecule has 4 heterocycles. The highest BCUT2D eigenvalue weighted by Gasteiger charge is 2.15. The summed E-state index contributed by atoms with van der Waals surface area (Å²) in [6.07, 6.45) is 6.76. The first-order valence-electron chi connectivity index (χ1n) is 9.75. The Morgan fingerprint density at radius 2 is 1.71 bits per heavy atom. The number of nitrogens with zero attached hydrogens (tertiary/aromatic N) is 4. The lowest BCUT2D eigenvalue weighted by Crippen LogP contribution is -1.86. The van der Waals surface area contributed by atoms with Crippen molar-refractivity contribution in [1.82, 2.24) is 30.1 Å². The van der Waals surface area contributed by atoms with Gasteiger partial charge in [-0.05, 0) is 41.5 Å². The molecule has 2 aromatic carbocycles. The topological polar surface area (TPSA) is 83.1 Å². The SMILES string of the molecule is Fc1ccc(-c2cccc3[nH]c(-c4n[nH]c5ncc(-c6cnccn6)cc45)cc23)cc1. The van der Waals surface area contributed by atoms with Gasteiger partial charge in [0.05, 0.1) is 17.6 Å². The third-order valence-electron chi connectivity index (χ3n) is 5.35. The van der Waals surface area contributed by atoms with E-state index in [1.54, 1.807) is 36.9 Å². The number of rotatable bonds is 3. The van der Waals surface area contributed by atoms with E-state index >= 15 is 0 Å². The minimum atomic E-state index is -0.250. The summed E-state index contributed by atoms with van der Waals surface area (Å²) in [6.45, 7) is 0. The molecule has 31 heavy (non-hydrogen) atoms. The fourth-order valence-corrected chi connectivity index (χ4v) is 3.86. The van der Waals surface area contributed by atoms with Crippen LogP contribution in [0.5, 0.6) is 0 Å². The third kappa shape index (κ3) is 2.95. The predicted octanol–water partition coefficient (Wildman–Crippen LogP) is 5.37. The summed E-state index contributed by atoms with van der Waals surface area (Å²) >= 11 is 0. The highest BCUT2D eigenvalue weighted by atomic mass is 19.1. The number of benzene rings is 2. The van der Waals surface area contributed by atoms with E-state index in [0.29, 0.717) is 5.65 Å². The van der Waals surface area contributed by atoms with Gasteiger partial charge in [-0.1, -0.05) is 24.3 Å². The lowest BCUT2D eigenvalue weighted by Gasteiger charge is -2.03. The van der Waals surface area contributed by atoms with Gasteiger partial charge in [-0.2, -0.15) is 5.10 Å². The predicted molar refractivity (Wildman–Crippen MR) is 118 cm³/mol. The maximum Gasteiger partial charge on any atom is 0.155 e. The van der Waals surface area contributed by atoms with Crippen molar-refractivity contribution in [3.05, 3.63) is 85.2 Å². The summed E-state index contributed by atoms with van der Waals surface area (Å²) in [4.78, 5) is 16.5. The molecule has 0 fully saturated rings. The number of aromatic nitrogens is 6. The zero-order valence-corrected chi connectivity index (χ0v) is 16.2. The normalized spacial score (nSPS) is 11.4. The Kier molecular flexibility index (Phi) is 3.86. The maximum atomic E-state index is 13.4. The van der Waals surface area contributed by atoms with Crippen molar-refractivity contribution in [2.75, 3.05) is 0 Å². The van der Waals surface area contributed by atoms with Crippen LogP contribution >= 0.6 is 0 Å². The fraction of sp³-hybridized carbons (Fsp3) is 0. The molecular formula is C24H15FN6. The molecule has 0 saturated heterocycles. The summed E-state index contributed by atoms with van der Waals surface area (Å²) in [5, 5.41) is 9.44. The molecule has 0 radical (unpaired) electrons. The van der Waals surface area contributed by atoms with Crippen LogP contribution in [-0.2, 0) is 0 Å². The van der Waals surface area contributed by atoms with Crippen LogP contribution < -0.4 is 0 Å². The molecule has 0 amide bonds. The van der Waals surface area contributed by atoms with Crippen molar-refractivity contribution in [2.45, 2.75) is 0 Å². The van der Waals surface area contributed by atoms with Crippen LogP contribution in [0, 0.1) is 5.82 Å². The lowest BCUT2D eigenvalue weighted by atomic mass is 10.0. The molecule has 0 atom stereocenters. The molecule has 7 heteroatoms. The Hall–Kier alpha value is -4.39. The molecule has 0 unspecified atom stereocenters. The monoisotopic (exact) mass is 406 g/mol. The van der Waals surface area contributed by atoms with Gasteiger partial charge in [0, 0.05) is 40.4 Å². The molecule has 6 aromatic rings. The quantitative estimate of drug-likeness (QED) is 0.414. The number of pyridine rings is 1. The number of hydrogen-bond acceptors (Lipinski definition) is 4. The molecule has 2 N–H and O–H groups in total. The van der Waals surface area contributed by atoms with Gasteiger partial charge >= 0.3 is 0 Å². The Balaban J connectivity index is 1.51. The zero-order valence-electron chi connectivity index (χ0n) is 16.2. The minimum absolute atomic E-state index is 0.250. The molecule has 0 aliphatic carbocycles. The van der Waals surface area contributed by atoms with Crippen molar-refractivity contribution >= 4 is 21.9 Å². The average molecular weight is 406 g/mol. The van der Waals surface area contributed by atoms with Crippen molar-refractivity contribution in [3.8, 4) is 33.8 Å². The second-order valence-electron chi connectivity index (χ2n) is 7.24. The first-order valence-corrected chi connectivity index (χ1v) is 9.75.